The molecule has 2 aliphatic rings. The summed E-state index contributed by atoms with van der Waals surface area (Å²) in [6.07, 6.45) is 7.07. The van der Waals surface area contributed by atoms with Crippen molar-refractivity contribution in [1.82, 2.24) is 25.2 Å². The van der Waals surface area contributed by atoms with Gasteiger partial charge in [-0.05, 0) is 37.5 Å². The van der Waals surface area contributed by atoms with Gasteiger partial charge in [-0.3, -0.25) is 14.3 Å². The second-order valence-electron chi connectivity index (χ2n) is 8.35. The predicted molar refractivity (Wildman–Crippen MR) is 98.1 cm³/mol. The van der Waals surface area contributed by atoms with Gasteiger partial charge in [-0.2, -0.15) is 0 Å². The van der Waals surface area contributed by atoms with Gasteiger partial charge in [0.15, 0.2) is 0 Å². The molecule has 2 fully saturated rings. The maximum atomic E-state index is 12.4. The smallest absolute Gasteiger partial charge is 0.225 e. The summed E-state index contributed by atoms with van der Waals surface area (Å²) >= 11 is 0. The van der Waals surface area contributed by atoms with Gasteiger partial charge < -0.3 is 10.2 Å². The summed E-state index contributed by atoms with van der Waals surface area (Å²) in [5, 5.41) is 11.1. The Labute approximate surface area is 155 Å². The number of aromatic nitrogens is 3. The zero-order chi connectivity index (χ0) is 18.7. The second kappa shape index (κ2) is 7.76. The Morgan fingerprint density at radius 2 is 2.04 bits per heavy atom. The Hall–Kier alpha value is -1.92. The van der Waals surface area contributed by atoms with Crippen molar-refractivity contribution in [1.29, 1.82) is 0 Å². The molecule has 1 saturated carbocycles. The molecule has 1 atom stereocenters. The van der Waals surface area contributed by atoms with Crippen LogP contribution < -0.4 is 5.32 Å². The number of amides is 2. The minimum absolute atomic E-state index is 0.0986. The highest BCUT2D eigenvalue weighted by Crippen LogP contribution is 2.45. The fraction of sp³-hybridized carbons (Fsp3) is 0.789. The number of piperidine rings is 1. The van der Waals surface area contributed by atoms with Crippen molar-refractivity contribution in [2.24, 2.45) is 24.3 Å². The maximum Gasteiger partial charge on any atom is 0.225 e. The number of likely N-dealkylation sites (tertiary alicyclic amines) is 1. The Morgan fingerprint density at radius 3 is 2.62 bits per heavy atom. The summed E-state index contributed by atoms with van der Waals surface area (Å²) in [5.74, 6) is 1.45. The number of rotatable bonds is 7. The lowest BCUT2D eigenvalue weighted by Crippen LogP contribution is -2.42. The van der Waals surface area contributed by atoms with E-state index < -0.39 is 0 Å². The van der Waals surface area contributed by atoms with Crippen molar-refractivity contribution in [3.05, 3.63) is 11.9 Å². The summed E-state index contributed by atoms with van der Waals surface area (Å²) in [6.45, 7) is 6.64. The van der Waals surface area contributed by atoms with E-state index in [0.717, 1.165) is 51.0 Å². The standard InChI is InChI=1S/C19H31N5O2/c1-14(12-20-18(26)19(2)8-9-19)15-6-10-24(11-7-15)17(25)5-4-16-13-23(3)22-21-16/h13-15H,4-12H2,1-3H3,(H,20,26). The molecule has 144 valence electrons. The van der Waals surface area contributed by atoms with Crippen LogP contribution in [-0.2, 0) is 23.1 Å². The molecule has 0 bridgehead atoms. The Kier molecular flexibility index (Phi) is 5.63. The highest BCUT2D eigenvalue weighted by molar-refractivity contribution is 5.84. The number of aryl methyl sites for hydroxylation is 2. The van der Waals surface area contributed by atoms with Crippen LogP contribution in [0.4, 0.5) is 0 Å². The number of nitrogens with one attached hydrogen (secondary N) is 1. The first-order valence-electron chi connectivity index (χ1n) is 9.79. The molecule has 1 aromatic rings. The summed E-state index contributed by atoms with van der Waals surface area (Å²) in [4.78, 5) is 26.4. The summed E-state index contributed by atoms with van der Waals surface area (Å²) < 4.78 is 1.66. The first-order valence-corrected chi connectivity index (χ1v) is 9.79. The van der Waals surface area contributed by atoms with Gasteiger partial charge in [0.05, 0.1) is 5.69 Å². The zero-order valence-electron chi connectivity index (χ0n) is 16.2. The molecule has 1 saturated heterocycles. The van der Waals surface area contributed by atoms with Crippen molar-refractivity contribution in [2.75, 3.05) is 19.6 Å². The Bertz CT molecular complexity index is 644. The molecule has 7 heteroatoms. The predicted octanol–water partition coefficient (Wildman–Crippen LogP) is 1.54. The average molecular weight is 361 g/mol. The van der Waals surface area contributed by atoms with Crippen molar-refractivity contribution in [3.8, 4) is 0 Å². The highest BCUT2D eigenvalue weighted by atomic mass is 16.2. The number of hydrogen-bond donors (Lipinski definition) is 1. The van der Waals surface area contributed by atoms with E-state index in [-0.39, 0.29) is 17.2 Å². The normalized spacial score (nSPS) is 20.7. The lowest BCUT2D eigenvalue weighted by atomic mass is 9.85. The number of carbonyl (C=O) groups excluding carboxylic acids is 2. The fourth-order valence-electron chi connectivity index (χ4n) is 3.67. The monoisotopic (exact) mass is 361 g/mol. The van der Waals surface area contributed by atoms with Crippen molar-refractivity contribution in [3.63, 3.8) is 0 Å². The van der Waals surface area contributed by atoms with Crippen LogP contribution in [0, 0.1) is 17.3 Å². The van der Waals surface area contributed by atoms with Gasteiger partial charge in [0, 0.05) is 51.1 Å². The van der Waals surface area contributed by atoms with Crippen LogP contribution in [0.2, 0.25) is 0 Å². The van der Waals surface area contributed by atoms with Crippen LogP contribution in [0.15, 0.2) is 6.20 Å². The lowest BCUT2D eigenvalue weighted by molar-refractivity contribution is -0.132. The van der Waals surface area contributed by atoms with Gasteiger partial charge in [-0.25, -0.2) is 0 Å². The molecule has 0 spiro atoms. The third-order valence-corrected chi connectivity index (χ3v) is 6.07. The molecule has 26 heavy (non-hydrogen) atoms. The molecule has 1 aromatic heterocycles. The summed E-state index contributed by atoms with van der Waals surface area (Å²) in [6, 6.07) is 0. The van der Waals surface area contributed by atoms with Crippen LogP contribution in [0.5, 0.6) is 0 Å². The molecule has 1 N–H and O–H groups in total. The Morgan fingerprint density at radius 1 is 1.35 bits per heavy atom. The third kappa shape index (κ3) is 4.62. The van der Waals surface area contributed by atoms with Crippen molar-refractivity contribution in [2.45, 2.75) is 52.4 Å². The molecular formula is C19H31N5O2. The van der Waals surface area contributed by atoms with E-state index in [0.29, 0.717) is 24.7 Å². The summed E-state index contributed by atoms with van der Waals surface area (Å²) in [7, 11) is 1.83. The Balaban J connectivity index is 1.36. The molecule has 2 amide bonds. The molecule has 3 rings (SSSR count). The lowest BCUT2D eigenvalue weighted by Gasteiger charge is -2.35. The topological polar surface area (TPSA) is 80.1 Å². The first-order chi connectivity index (χ1) is 12.4. The van der Waals surface area contributed by atoms with E-state index in [1.165, 1.54) is 0 Å². The molecule has 0 aromatic carbocycles. The molecule has 1 aliphatic heterocycles. The minimum Gasteiger partial charge on any atom is -0.355 e. The van der Waals surface area contributed by atoms with E-state index in [9.17, 15) is 9.59 Å². The molecular weight excluding hydrogens is 330 g/mol. The quantitative estimate of drug-likeness (QED) is 0.799. The van der Waals surface area contributed by atoms with Gasteiger partial charge in [0.2, 0.25) is 11.8 Å². The molecule has 1 aliphatic carbocycles. The van der Waals surface area contributed by atoms with Crippen molar-refractivity contribution < 1.29 is 9.59 Å². The van der Waals surface area contributed by atoms with Crippen LogP contribution in [0.3, 0.4) is 0 Å². The maximum absolute atomic E-state index is 12.4. The SMILES string of the molecule is CC(CNC(=O)C1(C)CC1)C1CCN(C(=O)CCc2cn(C)nn2)CC1. The van der Waals surface area contributed by atoms with E-state index in [1.807, 2.05) is 25.1 Å². The van der Waals surface area contributed by atoms with E-state index in [1.54, 1.807) is 4.68 Å². The van der Waals surface area contributed by atoms with Crippen LogP contribution >= 0.6 is 0 Å². The van der Waals surface area contributed by atoms with E-state index in [4.69, 9.17) is 0 Å². The van der Waals surface area contributed by atoms with Crippen molar-refractivity contribution >= 4 is 11.8 Å². The van der Waals surface area contributed by atoms with Gasteiger partial charge in [0.1, 0.15) is 0 Å². The van der Waals surface area contributed by atoms with Gasteiger partial charge in [0.25, 0.3) is 0 Å². The minimum atomic E-state index is -0.0986. The molecule has 0 radical (unpaired) electrons. The van der Waals surface area contributed by atoms with Gasteiger partial charge in [-0.15, -0.1) is 5.10 Å². The molecule has 1 unspecified atom stereocenters. The van der Waals surface area contributed by atoms with E-state index in [2.05, 4.69) is 22.6 Å². The van der Waals surface area contributed by atoms with Gasteiger partial charge in [-0.1, -0.05) is 19.1 Å². The second-order valence-corrected chi connectivity index (χ2v) is 8.35. The van der Waals surface area contributed by atoms with Crippen LogP contribution in [-0.4, -0.2) is 51.3 Å². The first kappa shape index (κ1) is 18.9. The third-order valence-electron chi connectivity index (χ3n) is 6.07. The van der Waals surface area contributed by atoms with Crippen LogP contribution in [0.25, 0.3) is 0 Å². The number of nitrogens with zero attached hydrogens (tertiary/aromatic N) is 4. The number of carbonyl (C=O) groups is 2. The van der Waals surface area contributed by atoms with E-state index >= 15 is 0 Å². The molecule has 2 heterocycles. The average Bonchev–Trinajstić information content (AvgIpc) is 3.26. The van der Waals surface area contributed by atoms with Crippen LogP contribution in [0.1, 0.15) is 51.6 Å². The van der Waals surface area contributed by atoms with Gasteiger partial charge >= 0.3 is 0 Å². The summed E-state index contributed by atoms with van der Waals surface area (Å²) in [5.41, 5.74) is 0.767. The largest absolute Gasteiger partial charge is 0.355 e. The fourth-order valence-corrected chi connectivity index (χ4v) is 3.67. The zero-order valence-corrected chi connectivity index (χ0v) is 16.2. The highest BCUT2D eigenvalue weighted by Gasteiger charge is 2.44. The molecule has 7 nitrogen and oxygen atoms in total. The number of hydrogen-bond acceptors (Lipinski definition) is 4.